The maximum Gasteiger partial charge on any atom is 0.226 e. The molecule has 0 spiro atoms. The van der Waals surface area contributed by atoms with Crippen molar-refractivity contribution in [3.05, 3.63) is 11.1 Å². The first-order valence-corrected chi connectivity index (χ1v) is 9.11. The number of allylic oxidation sites excluding steroid dienone is 2. The number of carbonyl (C=O) groups excluding carboxylic acids is 2. The van der Waals surface area contributed by atoms with Crippen molar-refractivity contribution in [2.75, 3.05) is 13.1 Å². The number of aliphatic carboxylic acids is 1. The van der Waals surface area contributed by atoms with E-state index in [2.05, 4.69) is 13.8 Å². The van der Waals surface area contributed by atoms with Crippen LogP contribution < -0.4 is 5.11 Å². The standard InChI is InChI=1S/C19H29NO3/c1-19(2)8-6-7-13-11-14(15(18(22)23)12-16(13)19)17(21)20-9-4-3-5-10-20/h14-15H,3-12H2,1-2H3,(H,22,23)/p-1. The summed E-state index contributed by atoms with van der Waals surface area (Å²) >= 11 is 0. The molecule has 0 aromatic rings. The summed E-state index contributed by atoms with van der Waals surface area (Å²) in [6, 6.07) is 0. The lowest BCUT2D eigenvalue weighted by molar-refractivity contribution is -0.313. The normalized spacial score (nSPS) is 30.8. The molecule has 0 bridgehead atoms. The van der Waals surface area contributed by atoms with E-state index in [1.165, 1.54) is 17.6 Å². The second-order valence-electron chi connectivity index (χ2n) is 8.15. The average molecular weight is 318 g/mol. The molecular formula is C19H28NO3-. The van der Waals surface area contributed by atoms with Crippen molar-refractivity contribution in [1.82, 2.24) is 4.90 Å². The molecule has 4 heteroatoms. The number of carboxylic acids is 1. The van der Waals surface area contributed by atoms with Gasteiger partial charge in [-0.1, -0.05) is 25.0 Å². The molecule has 0 saturated carbocycles. The van der Waals surface area contributed by atoms with E-state index in [0.717, 1.165) is 45.2 Å². The maximum atomic E-state index is 12.9. The van der Waals surface area contributed by atoms with Crippen molar-refractivity contribution in [3.63, 3.8) is 0 Å². The number of nitrogens with zero attached hydrogens (tertiary/aromatic N) is 1. The van der Waals surface area contributed by atoms with E-state index < -0.39 is 17.8 Å². The van der Waals surface area contributed by atoms with Gasteiger partial charge < -0.3 is 14.8 Å². The van der Waals surface area contributed by atoms with Gasteiger partial charge >= 0.3 is 0 Å². The zero-order valence-electron chi connectivity index (χ0n) is 14.4. The fourth-order valence-electron chi connectivity index (χ4n) is 4.80. The van der Waals surface area contributed by atoms with Crippen LogP contribution in [0.3, 0.4) is 0 Å². The number of rotatable bonds is 2. The number of carbonyl (C=O) groups is 2. The summed E-state index contributed by atoms with van der Waals surface area (Å²) in [6.45, 7) is 5.99. The van der Waals surface area contributed by atoms with Gasteiger partial charge in [0.15, 0.2) is 0 Å². The molecule has 1 saturated heterocycles. The van der Waals surface area contributed by atoms with Gasteiger partial charge in [-0.3, -0.25) is 4.79 Å². The zero-order chi connectivity index (χ0) is 16.6. The Morgan fingerprint density at radius 2 is 1.74 bits per heavy atom. The molecule has 23 heavy (non-hydrogen) atoms. The van der Waals surface area contributed by atoms with Gasteiger partial charge in [0.1, 0.15) is 0 Å². The van der Waals surface area contributed by atoms with Crippen LogP contribution in [0.15, 0.2) is 11.1 Å². The van der Waals surface area contributed by atoms with Crippen LogP contribution in [0.4, 0.5) is 0 Å². The second kappa shape index (κ2) is 6.29. The SMILES string of the molecule is CC1(C)CCCC2=C1CC(C(=O)[O-])C(C(=O)N1CCCCC1)C2. The van der Waals surface area contributed by atoms with Crippen molar-refractivity contribution < 1.29 is 14.7 Å². The number of amides is 1. The molecule has 3 rings (SSSR count). The van der Waals surface area contributed by atoms with Crippen LogP contribution in [-0.4, -0.2) is 29.9 Å². The first-order chi connectivity index (χ1) is 10.9. The third-order valence-electron chi connectivity index (χ3n) is 6.19. The summed E-state index contributed by atoms with van der Waals surface area (Å²) in [5.41, 5.74) is 2.72. The van der Waals surface area contributed by atoms with Crippen LogP contribution in [0, 0.1) is 17.3 Å². The number of carboxylic acid groups (broad SMARTS) is 1. The van der Waals surface area contributed by atoms with Crippen LogP contribution in [0.2, 0.25) is 0 Å². The van der Waals surface area contributed by atoms with E-state index in [4.69, 9.17) is 0 Å². The van der Waals surface area contributed by atoms with E-state index in [1.807, 2.05) is 4.90 Å². The summed E-state index contributed by atoms with van der Waals surface area (Å²) < 4.78 is 0. The van der Waals surface area contributed by atoms with Crippen LogP contribution >= 0.6 is 0 Å². The molecule has 0 aromatic heterocycles. The highest BCUT2D eigenvalue weighted by molar-refractivity contribution is 5.85. The van der Waals surface area contributed by atoms with Gasteiger partial charge in [0.05, 0.1) is 5.92 Å². The van der Waals surface area contributed by atoms with Crippen molar-refractivity contribution in [1.29, 1.82) is 0 Å². The third kappa shape index (κ3) is 3.17. The predicted octanol–water partition coefficient (Wildman–Crippen LogP) is 2.28. The number of likely N-dealkylation sites (tertiary alicyclic amines) is 1. The van der Waals surface area contributed by atoms with Crippen LogP contribution in [0.25, 0.3) is 0 Å². The van der Waals surface area contributed by atoms with Crippen LogP contribution in [-0.2, 0) is 9.59 Å². The minimum Gasteiger partial charge on any atom is -0.550 e. The minimum absolute atomic E-state index is 0.0498. The number of hydrogen-bond donors (Lipinski definition) is 0. The molecule has 2 atom stereocenters. The van der Waals surface area contributed by atoms with E-state index in [9.17, 15) is 14.7 Å². The molecular weight excluding hydrogens is 290 g/mol. The van der Waals surface area contributed by atoms with Crippen molar-refractivity contribution in [3.8, 4) is 0 Å². The predicted molar refractivity (Wildman–Crippen MR) is 86.3 cm³/mol. The second-order valence-corrected chi connectivity index (χ2v) is 8.15. The highest BCUT2D eigenvalue weighted by atomic mass is 16.4. The maximum absolute atomic E-state index is 12.9. The molecule has 0 N–H and O–H groups in total. The molecule has 2 aliphatic carbocycles. The summed E-state index contributed by atoms with van der Waals surface area (Å²) in [5, 5.41) is 11.7. The van der Waals surface area contributed by atoms with Crippen molar-refractivity contribution >= 4 is 11.9 Å². The van der Waals surface area contributed by atoms with Gasteiger partial charge in [0.2, 0.25) is 5.91 Å². The Kier molecular flexibility index (Phi) is 4.52. The lowest BCUT2D eigenvalue weighted by Gasteiger charge is -2.44. The first-order valence-electron chi connectivity index (χ1n) is 9.11. The Bertz CT molecular complexity index is 529. The van der Waals surface area contributed by atoms with Crippen molar-refractivity contribution in [2.24, 2.45) is 17.3 Å². The van der Waals surface area contributed by atoms with Crippen LogP contribution in [0.5, 0.6) is 0 Å². The van der Waals surface area contributed by atoms with E-state index in [1.54, 1.807) is 0 Å². The minimum atomic E-state index is -1.05. The van der Waals surface area contributed by atoms with Gasteiger partial charge in [0, 0.05) is 25.0 Å². The molecule has 1 amide bonds. The smallest absolute Gasteiger partial charge is 0.226 e. The van der Waals surface area contributed by atoms with E-state index in [-0.39, 0.29) is 11.3 Å². The Hall–Kier alpha value is -1.32. The molecule has 1 aliphatic heterocycles. The summed E-state index contributed by atoms with van der Waals surface area (Å²) in [6.07, 6.45) is 7.67. The molecule has 4 nitrogen and oxygen atoms in total. The lowest BCUT2D eigenvalue weighted by atomic mass is 9.63. The van der Waals surface area contributed by atoms with E-state index in [0.29, 0.717) is 12.8 Å². The van der Waals surface area contributed by atoms with Gasteiger partial charge in [-0.15, -0.1) is 0 Å². The number of piperidine rings is 1. The lowest BCUT2D eigenvalue weighted by Crippen LogP contribution is -2.48. The van der Waals surface area contributed by atoms with Gasteiger partial charge in [-0.05, 0) is 56.8 Å². The molecule has 0 radical (unpaired) electrons. The Labute approximate surface area is 138 Å². The fourth-order valence-corrected chi connectivity index (χ4v) is 4.80. The quantitative estimate of drug-likeness (QED) is 0.734. The van der Waals surface area contributed by atoms with Crippen LogP contribution in [0.1, 0.15) is 65.2 Å². The van der Waals surface area contributed by atoms with E-state index >= 15 is 0 Å². The average Bonchev–Trinajstić information content (AvgIpc) is 2.53. The van der Waals surface area contributed by atoms with Gasteiger partial charge in [-0.2, -0.15) is 0 Å². The molecule has 1 heterocycles. The topological polar surface area (TPSA) is 60.4 Å². The molecule has 128 valence electrons. The fraction of sp³-hybridized carbons (Fsp3) is 0.789. The van der Waals surface area contributed by atoms with Gasteiger partial charge in [-0.25, -0.2) is 0 Å². The van der Waals surface area contributed by atoms with Gasteiger partial charge in [0.25, 0.3) is 0 Å². The monoisotopic (exact) mass is 318 g/mol. The highest BCUT2D eigenvalue weighted by Crippen LogP contribution is 2.49. The molecule has 1 fully saturated rings. The molecule has 3 aliphatic rings. The Morgan fingerprint density at radius 3 is 2.39 bits per heavy atom. The highest BCUT2D eigenvalue weighted by Gasteiger charge is 2.42. The third-order valence-corrected chi connectivity index (χ3v) is 6.19. The summed E-state index contributed by atoms with van der Waals surface area (Å²) in [4.78, 5) is 26.5. The molecule has 2 unspecified atom stereocenters. The Balaban J connectivity index is 1.86. The summed E-state index contributed by atoms with van der Waals surface area (Å²) in [7, 11) is 0. The summed E-state index contributed by atoms with van der Waals surface area (Å²) in [5.74, 6) is -2.06. The number of hydrogen-bond acceptors (Lipinski definition) is 3. The van der Waals surface area contributed by atoms with Crippen molar-refractivity contribution in [2.45, 2.75) is 65.2 Å². The molecule has 0 aromatic carbocycles. The first kappa shape index (κ1) is 16.5. The zero-order valence-corrected chi connectivity index (χ0v) is 14.4. The largest absolute Gasteiger partial charge is 0.550 e. The Morgan fingerprint density at radius 1 is 1.04 bits per heavy atom.